The number of rotatable bonds is 7. The molecule has 6 heteroatoms. The smallest absolute Gasteiger partial charge is 0.319 e. The van der Waals surface area contributed by atoms with Crippen LogP contribution in [-0.4, -0.2) is 28.4 Å². The average Bonchev–Trinajstić information content (AvgIpc) is 2.55. The largest absolute Gasteiger partial charge is 0.393 e. The molecular formula is C19H25N3O3. The summed E-state index contributed by atoms with van der Waals surface area (Å²) in [7, 11) is 0. The molecule has 0 fully saturated rings. The first-order valence-electron chi connectivity index (χ1n) is 8.41. The summed E-state index contributed by atoms with van der Waals surface area (Å²) in [5.74, 6) is 0.196. The fourth-order valence-electron chi connectivity index (χ4n) is 2.64. The van der Waals surface area contributed by atoms with Crippen LogP contribution in [0, 0.1) is 5.92 Å². The molecule has 1 aromatic carbocycles. The van der Waals surface area contributed by atoms with Crippen molar-refractivity contribution in [3.8, 4) is 0 Å². The zero-order valence-electron chi connectivity index (χ0n) is 14.6. The fraction of sp³-hybridized carbons (Fsp3) is 0.368. The van der Waals surface area contributed by atoms with Crippen molar-refractivity contribution in [1.29, 1.82) is 0 Å². The first-order valence-corrected chi connectivity index (χ1v) is 8.41. The second-order valence-electron chi connectivity index (χ2n) is 6.39. The number of aromatic nitrogens is 1. The second kappa shape index (κ2) is 9.03. The Kier molecular flexibility index (Phi) is 6.77. The Hall–Kier alpha value is -2.60. The van der Waals surface area contributed by atoms with E-state index in [1.807, 2.05) is 31.2 Å². The molecule has 134 valence electrons. The molecule has 2 aromatic rings. The molecule has 0 aliphatic rings. The van der Waals surface area contributed by atoms with E-state index < -0.39 is 0 Å². The van der Waals surface area contributed by atoms with Crippen molar-refractivity contribution >= 4 is 11.7 Å². The summed E-state index contributed by atoms with van der Waals surface area (Å²) in [6.45, 7) is 4.66. The van der Waals surface area contributed by atoms with E-state index in [-0.39, 0.29) is 23.6 Å². The third-order valence-electron chi connectivity index (χ3n) is 3.79. The number of aliphatic hydroxyl groups is 1. The van der Waals surface area contributed by atoms with Crippen molar-refractivity contribution in [3.05, 3.63) is 64.6 Å². The summed E-state index contributed by atoms with van der Waals surface area (Å²) in [6, 6.07) is 12.2. The number of anilines is 1. The predicted molar refractivity (Wildman–Crippen MR) is 98.7 cm³/mol. The SMILES string of the molecule is C[C@H](CNC(=O)Nc1cccc(Cn2ccccc2=O)c1)C[C@@H](C)O. The van der Waals surface area contributed by atoms with Gasteiger partial charge in [0, 0.05) is 24.5 Å². The van der Waals surface area contributed by atoms with Crippen LogP contribution >= 0.6 is 0 Å². The highest BCUT2D eigenvalue weighted by molar-refractivity contribution is 5.89. The highest BCUT2D eigenvalue weighted by Gasteiger charge is 2.08. The number of aliphatic hydroxyl groups excluding tert-OH is 1. The van der Waals surface area contributed by atoms with Gasteiger partial charge in [-0.2, -0.15) is 0 Å². The van der Waals surface area contributed by atoms with Crippen LogP contribution in [0.5, 0.6) is 0 Å². The van der Waals surface area contributed by atoms with Crippen LogP contribution in [0.2, 0.25) is 0 Å². The van der Waals surface area contributed by atoms with Crippen LogP contribution in [0.1, 0.15) is 25.8 Å². The third kappa shape index (κ3) is 6.43. The van der Waals surface area contributed by atoms with Crippen LogP contribution < -0.4 is 16.2 Å². The van der Waals surface area contributed by atoms with Gasteiger partial charge in [0.05, 0.1) is 12.6 Å². The molecule has 2 atom stereocenters. The van der Waals surface area contributed by atoms with Gasteiger partial charge in [0.25, 0.3) is 5.56 Å². The van der Waals surface area contributed by atoms with Crippen molar-refractivity contribution in [2.45, 2.75) is 32.9 Å². The molecule has 0 aliphatic heterocycles. The number of pyridine rings is 1. The van der Waals surface area contributed by atoms with Crippen molar-refractivity contribution in [3.63, 3.8) is 0 Å². The Bertz CT molecular complexity index is 755. The van der Waals surface area contributed by atoms with E-state index in [4.69, 9.17) is 0 Å². The maximum atomic E-state index is 12.0. The highest BCUT2D eigenvalue weighted by atomic mass is 16.3. The van der Waals surface area contributed by atoms with Crippen LogP contribution in [-0.2, 0) is 6.54 Å². The molecule has 0 spiro atoms. The van der Waals surface area contributed by atoms with E-state index in [2.05, 4.69) is 10.6 Å². The highest BCUT2D eigenvalue weighted by Crippen LogP contribution is 2.11. The lowest BCUT2D eigenvalue weighted by Crippen LogP contribution is -2.33. The van der Waals surface area contributed by atoms with Crippen molar-refractivity contribution in [2.24, 2.45) is 5.92 Å². The van der Waals surface area contributed by atoms with Crippen molar-refractivity contribution in [2.75, 3.05) is 11.9 Å². The number of hydrogen-bond acceptors (Lipinski definition) is 3. The molecule has 0 saturated heterocycles. The summed E-state index contributed by atoms with van der Waals surface area (Å²) in [5, 5.41) is 14.9. The molecular weight excluding hydrogens is 318 g/mol. The Balaban J connectivity index is 1.91. The minimum atomic E-state index is -0.377. The fourth-order valence-corrected chi connectivity index (χ4v) is 2.64. The van der Waals surface area contributed by atoms with Gasteiger partial charge in [-0.3, -0.25) is 4.79 Å². The van der Waals surface area contributed by atoms with Crippen LogP contribution in [0.3, 0.4) is 0 Å². The Morgan fingerprint density at radius 3 is 2.72 bits per heavy atom. The number of hydrogen-bond donors (Lipinski definition) is 3. The van der Waals surface area contributed by atoms with Gasteiger partial charge in [0.1, 0.15) is 0 Å². The van der Waals surface area contributed by atoms with Crippen LogP contribution in [0.15, 0.2) is 53.5 Å². The summed E-state index contributed by atoms with van der Waals surface area (Å²) in [5.41, 5.74) is 1.53. The number of carbonyl (C=O) groups excluding carboxylic acids is 1. The number of nitrogens with zero attached hydrogens (tertiary/aromatic N) is 1. The topological polar surface area (TPSA) is 83.4 Å². The summed E-state index contributed by atoms with van der Waals surface area (Å²) in [4.78, 5) is 23.8. The molecule has 6 nitrogen and oxygen atoms in total. The van der Waals surface area contributed by atoms with Gasteiger partial charge >= 0.3 is 6.03 Å². The quantitative estimate of drug-likeness (QED) is 0.722. The van der Waals surface area contributed by atoms with E-state index in [1.165, 1.54) is 6.07 Å². The molecule has 0 unspecified atom stereocenters. The number of amides is 2. The van der Waals surface area contributed by atoms with Gasteiger partial charge in [0.2, 0.25) is 0 Å². The molecule has 2 amide bonds. The summed E-state index contributed by atoms with van der Waals surface area (Å²) < 4.78 is 1.61. The zero-order chi connectivity index (χ0) is 18.2. The number of benzene rings is 1. The lowest BCUT2D eigenvalue weighted by atomic mass is 10.1. The van der Waals surface area contributed by atoms with Crippen molar-refractivity contribution in [1.82, 2.24) is 9.88 Å². The zero-order valence-corrected chi connectivity index (χ0v) is 14.6. The van der Waals surface area contributed by atoms with Gasteiger partial charge in [-0.25, -0.2) is 4.79 Å². The molecule has 0 bridgehead atoms. The Labute approximate surface area is 147 Å². The first kappa shape index (κ1) is 18.7. The minimum Gasteiger partial charge on any atom is -0.393 e. The van der Waals surface area contributed by atoms with Crippen LogP contribution in [0.4, 0.5) is 10.5 Å². The Morgan fingerprint density at radius 2 is 2.00 bits per heavy atom. The minimum absolute atomic E-state index is 0.0642. The van der Waals surface area contributed by atoms with Gasteiger partial charge in [-0.05, 0) is 43.0 Å². The number of carbonyl (C=O) groups is 1. The lowest BCUT2D eigenvalue weighted by molar-refractivity contribution is 0.163. The van der Waals surface area contributed by atoms with E-state index in [0.717, 1.165) is 5.56 Å². The van der Waals surface area contributed by atoms with Gasteiger partial charge in [-0.15, -0.1) is 0 Å². The molecule has 3 N–H and O–H groups in total. The first-order chi connectivity index (χ1) is 11.9. The average molecular weight is 343 g/mol. The van der Waals surface area contributed by atoms with Gasteiger partial charge in [-0.1, -0.05) is 25.1 Å². The van der Waals surface area contributed by atoms with Crippen molar-refractivity contribution < 1.29 is 9.90 Å². The van der Waals surface area contributed by atoms with E-state index in [9.17, 15) is 14.7 Å². The monoisotopic (exact) mass is 343 g/mol. The van der Waals surface area contributed by atoms with E-state index >= 15 is 0 Å². The number of nitrogens with one attached hydrogen (secondary N) is 2. The molecule has 0 aliphatic carbocycles. The standard InChI is InChI=1S/C19H25N3O3/c1-14(10-15(2)23)12-20-19(25)21-17-7-5-6-16(11-17)13-22-9-4-3-8-18(22)24/h3-9,11,14-15,23H,10,12-13H2,1-2H3,(H2,20,21,25)/t14-,15+/m0/s1. The maximum absolute atomic E-state index is 12.0. The molecule has 0 radical (unpaired) electrons. The summed E-state index contributed by atoms with van der Waals surface area (Å²) in [6.07, 6.45) is 2.00. The molecule has 1 heterocycles. The number of urea groups is 1. The second-order valence-corrected chi connectivity index (χ2v) is 6.39. The predicted octanol–water partition coefficient (Wildman–Crippen LogP) is 2.43. The van der Waals surface area contributed by atoms with Gasteiger partial charge in [0.15, 0.2) is 0 Å². The lowest BCUT2D eigenvalue weighted by Gasteiger charge is -2.15. The Morgan fingerprint density at radius 1 is 1.20 bits per heavy atom. The third-order valence-corrected chi connectivity index (χ3v) is 3.79. The summed E-state index contributed by atoms with van der Waals surface area (Å²) >= 11 is 0. The van der Waals surface area contributed by atoms with E-state index in [1.54, 1.807) is 29.8 Å². The molecule has 2 rings (SSSR count). The molecule has 0 saturated carbocycles. The molecule has 1 aromatic heterocycles. The van der Waals surface area contributed by atoms with Crippen LogP contribution in [0.25, 0.3) is 0 Å². The normalized spacial score (nSPS) is 13.1. The molecule has 25 heavy (non-hydrogen) atoms. The van der Waals surface area contributed by atoms with E-state index in [0.29, 0.717) is 25.2 Å². The maximum Gasteiger partial charge on any atom is 0.319 e. The van der Waals surface area contributed by atoms with Gasteiger partial charge < -0.3 is 20.3 Å².